The molecule has 0 bridgehead atoms. The molecule has 0 saturated heterocycles. The molecule has 1 aromatic heterocycles. The molecule has 1 N–H and O–H groups in total. The molecule has 120 valence electrons. The van der Waals surface area contributed by atoms with Crippen LogP contribution in [0.3, 0.4) is 0 Å². The van der Waals surface area contributed by atoms with Gasteiger partial charge in [-0.3, -0.25) is 14.9 Å². The molecule has 6 heteroatoms. The Morgan fingerprint density at radius 2 is 1.83 bits per heavy atom. The topological polar surface area (TPSA) is 72.2 Å². The van der Waals surface area contributed by atoms with Gasteiger partial charge in [0.05, 0.1) is 9.80 Å². The van der Waals surface area contributed by atoms with E-state index in [1.807, 2.05) is 36.4 Å². The quantitative estimate of drug-likeness (QED) is 0.558. The molecule has 5 nitrogen and oxygen atoms in total. The SMILES string of the molecule is O=C(NCc1cccc([N+](=O)[O-])c1)c1ccc(-c2ccccc2)s1. The lowest BCUT2D eigenvalue weighted by Crippen LogP contribution is -2.21. The van der Waals surface area contributed by atoms with Gasteiger partial charge in [-0.1, -0.05) is 42.5 Å². The summed E-state index contributed by atoms with van der Waals surface area (Å²) in [6, 6.07) is 19.8. The van der Waals surface area contributed by atoms with Crippen LogP contribution in [0.15, 0.2) is 66.7 Å². The number of nitro benzene ring substituents is 1. The zero-order chi connectivity index (χ0) is 16.9. The number of hydrogen-bond donors (Lipinski definition) is 1. The van der Waals surface area contributed by atoms with Crippen LogP contribution in [-0.4, -0.2) is 10.8 Å². The van der Waals surface area contributed by atoms with Crippen molar-refractivity contribution in [2.24, 2.45) is 0 Å². The molecule has 0 aliphatic carbocycles. The number of nitrogens with one attached hydrogen (secondary N) is 1. The molecule has 0 spiro atoms. The van der Waals surface area contributed by atoms with Crippen LogP contribution >= 0.6 is 11.3 Å². The van der Waals surface area contributed by atoms with Gasteiger partial charge in [-0.2, -0.15) is 0 Å². The van der Waals surface area contributed by atoms with Crippen molar-refractivity contribution in [2.75, 3.05) is 0 Å². The third-order valence-electron chi connectivity index (χ3n) is 3.46. The van der Waals surface area contributed by atoms with Crippen LogP contribution in [0.1, 0.15) is 15.2 Å². The van der Waals surface area contributed by atoms with Gasteiger partial charge >= 0.3 is 0 Å². The van der Waals surface area contributed by atoms with Crippen LogP contribution in [0.2, 0.25) is 0 Å². The lowest BCUT2D eigenvalue weighted by atomic mass is 10.2. The highest BCUT2D eigenvalue weighted by Gasteiger charge is 2.11. The number of non-ortho nitro benzene ring substituents is 1. The fourth-order valence-electron chi connectivity index (χ4n) is 2.27. The summed E-state index contributed by atoms with van der Waals surface area (Å²) in [5.74, 6) is -0.186. The maximum atomic E-state index is 12.2. The summed E-state index contributed by atoms with van der Waals surface area (Å²) in [6.07, 6.45) is 0. The van der Waals surface area contributed by atoms with Crippen molar-refractivity contribution in [1.29, 1.82) is 0 Å². The molecule has 0 aliphatic heterocycles. The van der Waals surface area contributed by atoms with Crippen molar-refractivity contribution in [3.05, 3.63) is 87.3 Å². The molecule has 0 atom stereocenters. The van der Waals surface area contributed by atoms with E-state index in [1.165, 1.54) is 23.5 Å². The molecule has 0 fully saturated rings. The molecule has 1 heterocycles. The normalized spacial score (nSPS) is 10.3. The summed E-state index contributed by atoms with van der Waals surface area (Å²) in [6.45, 7) is 0.249. The molecule has 3 aromatic rings. The van der Waals surface area contributed by atoms with E-state index in [2.05, 4.69) is 5.32 Å². The lowest BCUT2D eigenvalue weighted by Gasteiger charge is -2.03. The fraction of sp³-hybridized carbons (Fsp3) is 0.0556. The highest BCUT2D eigenvalue weighted by Crippen LogP contribution is 2.27. The number of benzene rings is 2. The van der Waals surface area contributed by atoms with Crippen molar-refractivity contribution in [1.82, 2.24) is 5.32 Å². The average Bonchev–Trinajstić information content (AvgIpc) is 3.11. The van der Waals surface area contributed by atoms with Crippen molar-refractivity contribution in [3.63, 3.8) is 0 Å². The van der Waals surface area contributed by atoms with E-state index in [0.717, 1.165) is 10.4 Å². The molecule has 1 amide bonds. The van der Waals surface area contributed by atoms with Crippen molar-refractivity contribution in [2.45, 2.75) is 6.54 Å². The van der Waals surface area contributed by atoms with Gasteiger partial charge < -0.3 is 5.32 Å². The first-order valence-electron chi connectivity index (χ1n) is 7.30. The molecule has 0 saturated carbocycles. The number of nitrogens with zero attached hydrogens (tertiary/aromatic N) is 1. The average molecular weight is 338 g/mol. The number of hydrogen-bond acceptors (Lipinski definition) is 4. The van der Waals surface area contributed by atoms with Crippen molar-refractivity contribution in [3.8, 4) is 10.4 Å². The van der Waals surface area contributed by atoms with Gasteiger partial charge in [0.25, 0.3) is 11.6 Å². The minimum Gasteiger partial charge on any atom is -0.347 e. The minimum atomic E-state index is -0.448. The smallest absolute Gasteiger partial charge is 0.269 e. The van der Waals surface area contributed by atoms with Gasteiger partial charge in [-0.25, -0.2) is 0 Å². The number of carbonyl (C=O) groups excluding carboxylic acids is 1. The molecular formula is C18H14N2O3S. The Kier molecular flexibility index (Phi) is 4.67. The number of carbonyl (C=O) groups is 1. The highest BCUT2D eigenvalue weighted by molar-refractivity contribution is 7.17. The van der Waals surface area contributed by atoms with Crippen LogP contribution < -0.4 is 5.32 Å². The lowest BCUT2D eigenvalue weighted by molar-refractivity contribution is -0.384. The van der Waals surface area contributed by atoms with E-state index in [0.29, 0.717) is 10.4 Å². The first kappa shape index (κ1) is 15.9. The Balaban J connectivity index is 1.67. The Labute approximate surface area is 142 Å². The molecule has 0 aliphatic rings. The number of amides is 1. The molecule has 0 unspecified atom stereocenters. The molecule has 0 radical (unpaired) electrons. The van der Waals surface area contributed by atoms with E-state index < -0.39 is 4.92 Å². The zero-order valence-electron chi connectivity index (χ0n) is 12.6. The monoisotopic (exact) mass is 338 g/mol. The van der Waals surface area contributed by atoms with E-state index in [-0.39, 0.29) is 18.1 Å². The maximum absolute atomic E-state index is 12.2. The predicted octanol–water partition coefficient (Wildman–Crippen LogP) is 4.25. The Bertz CT molecular complexity index is 875. The zero-order valence-corrected chi connectivity index (χ0v) is 13.5. The van der Waals surface area contributed by atoms with Crippen molar-refractivity contribution < 1.29 is 9.72 Å². The summed E-state index contributed by atoms with van der Waals surface area (Å²) in [5, 5.41) is 13.6. The van der Waals surface area contributed by atoms with Gasteiger partial charge in [-0.05, 0) is 23.3 Å². The molecule has 2 aromatic carbocycles. The number of thiophene rings is 1. The van der Waals surface area contributed by atoms with Crippen molar-refractivity contribution >= 4 is 22.9 Å². The van der Waals surface area contributed by atoms with Gasteiger partial charge in [0.2, 0.25) is 0 Å². The predicted molar refractivity (Wildman–Crippen MR) is 94.0 cm³/mol. The Morgan fingerprint density at radius 1 is 1.04 bits per heavy atom. The van der Waals surface area contributed by atoms with Gasteiger partial charge in [-0.15, -0.1) is 11.3 Å². The van der Waals surface area contributed by atoms with Crippen LogP contribution in [0.4, 0.5) is 5.69 Å². The van der Waals surface area contributed by atoms with Crippen LogP contribution in [-0.2, 0) is 6.54 Å². The second-order valence-electron chi connectivity index (χ2n) is 5.14. The summed E-state index contributed by atoms with van der Waals surface area (Å²) < 4.78 is 0. The van der Waals surface area contributed by atoms with E-state index in [9.17, 15) is 14.9 Å². The van der Waals surface area contributed by atoms with Gasteiger partial charge in [0.1, 0.15) is 0 Å². The first-order chi connectivity index (χ1) is 11.6. The summed E-state index contributed by atoms with van der Waals surface area (Å²) in [5.41, 5.74) is 1.78. The number of nitro groups is 1. The Morgan fingerprint density at radius 3 is 2.58 bits per heavy atom. The van der Waals surface area contributed by atoms with Gasteiger partial charge in [0.15, 0.2) is 0 Å². The molecular weight excluding hydrogens is 324 g/mol. The second kappa shape index (κ2) is 7.06. The van der Waals surface area contributed by atoms with Crippen LogP contribution in [0.25, 0.3) is 10.4 Å². The summed E-state index contributed by atoms with van der Waals surface area (Å²) >= 11 is 1.42. The van der Waals surface area contributed by atoms with E-state index in [1.54, 1.807) is 18.2 Å². The second-order valence-corrected chi connectivity index (χ2v) is 6.22. The van der Waals surface area contributed by atoms with E-state index in [4.69, 9.17) is 0 Å². The summed E-state index contributed by atoms with van der Waals surface area (Å²) in [4.78, 5) is 24.2. The standard InChI is InChI=1S/C18H14N2O3S/c21-18(19-12-13-5-4-8-15(11-13)20(22)23)17-10-9-16(24-17)14-6-2-1-3-7-14/h1-11H,12H2,(H,19,21). The number of rotatable bonds is 5. The fourth-order valence-corrected chi connectivity index (χ4v) is 3.19. The summed E-state index contributed by atoms with van der Waals surface area (Å²) in [7, 11) is 0. The van der Waals surface area contributed by atoms with Gasteiger partial charge in [0, 0.05) is 23.6 Å². The maximum Gasteiger partial charge on any atom is 0.269 e. The molecule has 24 heavy (non-hydrogen) atoms. The first-order valence-corrected chi connectivity index (χ1v) is 8.12. The third kappa shape index (κ3) is 3.67. The highest BCUT2D eigenvalue weighted by atomic mass is 32.1. The largest absolute Gasteiger partial charge is 0.347 e. The molecule has 3 rings (SSSR count). The third-order valence-corrected chi connectivity index (χ3v) is 4.60. The van der Waals surface area contributed by atoms with E-state index >= 15 is 0 Å². The van der Waals surface area contributed by atoms with Crippen LogP contribution in [0, 0.1) is 10.1 Å². The Hall–Kier alpha value is -2.99. The van der Waals surface area contributed by atoms with Crippen LogP contribution in [0.5, 0.6) is 0 Å². The minimum absolute atomic E-state index is 0.0178.